The van der Waals surface area contributed by atoms with E-state index in [9.17, 15) is 13.2 Å². The Morgan fingerprint density at radius 2 is 1.73 bits per heavy atom. The van der Waals surface area contributed by atoms with Crippen LogP contribution in [0, 0.1) is 0 Å². The first-order valence-corrected chi connectivity index (χ1v) is 7.96. The first kappa shape index (κ1) is 15.5. The molecule has 22 heavy (non-hydrogen) atoms. The maximum Gasteiger partial charge on any atom is 0.433 e. The molecule has 2 heterocycles. The van der Waals surface area contributed by atoms with Gasteiger partial charge in [-0.2, -0.15) is 13.2 Å². The average molecular weight is 314 g/mol. The molecule has 1 aliphatic heterocycles. The number of rotatable bonds is 2. The highest BCUT2D eigenvalue weighted by Crippen LogP contribution is 2.35. The van der Waals surface area contributed by atoms with E-state index in [-0.39, 0.29) is 5.92 Å². The maximum atomic E-state index is 13.2. The topological polar surface area (TPSA) is 41.0 Å². The highest BCUT2D eigenvalue weighted by Gasteiger charge is 2.35. The number of hydrogen-bond acceptors (Lipinski definition) is 4. The number of anilines is 1. The van der Waals surface area contributed by atoms with Gasteiger partial charge in [-0.05, 0) is 12.8 Å². The number of hydrogen-bond donors (Lipinski definition) is 1. The monoisotopic (exact) mass is 314 g/mol. The smallest absolute Gasteiger partial charge is 0.354 e. The summed E-state index contributed by atoms with van der Waals surface area (Å²) in [4.78, 5) is 10.2. The molecule has 0 spiro atoms. The first-order valence-electron chi connectivity index (χ1n) is 7.96. The van der Waals surface area contributed by atoms with Crippen LogP contribution in [-0.4, -0.2) is 36.1 Å². The van der Waals surface area contributed by atoms with Crippen LogP contribution in [-0.2, 0) is 6.18 Å². The standard InChI is InChI=1S/C15H21F3N4/c16-15(17,18)12-10-13(22-8-6-19-7-9-22)21-14(20-12)11-4-2-1-3-5-11/h10-11,19H,1-9H2. The Bertz CT molecular complexity index is 470. The molecule has 1 aliphatic carbocycles. The third-order valence-electron chi connectivity index (χ3n) is 4.43. The van der Waals surface area contributed by atoms with E-state index >= 15 is 0 Å². The summed E-state index contributed by atoms with van der Waals surface area (Å²) < 4.78 is 39.5. The van der Waals surface area contributed by atoms with Gasteiger partial charge in [0.05, 0.1) is 0 Å². The number of aromatic nitrogens is 2. The summed E-state index contributed by atoms with van der Waals surface area (Å²) in [7, 11) is 0. The summed E-state index contributed by atoms with van der Waals surface area (Å²) in [6.07, 6.45) is 0.611. The molecule has 0 atom stereocenters. The molecule has 2 fully saturated rings. The molecule has 122 valence electrons. The Kier molecular flexibility index (Phi) is 4.52. The molecule has 0 bridgehead atoms. The summed E-state index contributed by atoms with van der Waals surface area (Å²) in [5.41, 5.74) is -0.809. The number of halogens is 3. The van der Waals surface area contributed by atoms with E-state index in [0.717, 1.165) is 51.3 Å². The van der Waals surface area contributed by atoms with Gasteiger partial charge >= 0.3 is 6.18 Å². The minimum atomic E-state index is -4.42. The number of piperazine rings is 1. The van der Waals surface area contributed by atoms with Crippen molar-refractivity contribution in [3.05, 3.63) is 17.6 Å². The van der Waals surface area contributed by atoms with Crippen LogP contribution in [0.5, 0.6) is 0 Å². The first-order chi connectivity index (χ1) is 10.5. The lowest BCUT2D eigenvalue weighted by molar-refractivity contribution is -0.141. The summed E-state index contributed by atoms with van der Waals surface area (Å²) in [5.74, 6) is 0.866. The van der Waals surface area contributed by atoms with Gasteiger partial charge < -0.3 is 10.2 Å². The molecule has 3 rings (SSSR count). The Hall–Kier alpha value is -1.37. The summed E-state index contributed by atoms with van der Waals surface area (Å²) in [6, 6.07) is 1.09. The van der Waals surface area contributed by atoms with Crippen molar-refractivity contribution in [2.24, 2.45) is 0 Å². The van der Waals surface area contributed by atoms with Crippen molar-refractivity contribution in [1.29, 1.82) is 0 Å². The second kappa shape index (κ2) is 6.40. The Labute approximate surface area is 128 Å². The SMILES string of the molecule is FC(F)(F)c1cc(N2CCNCC2)nc(C2CCCCC2)n1. The Morgan fingerprint density at radius 3 is 2.36 bits per heavy atom. The molecule has 1 saturated carbocycles. The van der Waals surface area contributed by atoms with Crippen LogP contribution in [0.2, 0.25) is 0 Å². The molecule has 0 amide bonds. The van der Waals surface area contributed by atoms with Gasteiger partial charge in [0.1, 0.15) is 17.3 Å². The van der Waals surface area contributed by atoms with Gasteiger partial charge in [0.25, 0.3) is 0 Å². The van der Waals surface area contributed by atoms with Crippen LogP contribution in [0.3, 0.4) is 0 Å². The molecule has 1 aromatic heterocycles. The van der Waals surface area contributed by atoms with Gasteiger partial charge in [0.2, 0.25) is 0 Å². The van der Waals surface area contributed by atoms with Gasteiger partial charge in [-0.15, -0.1) is 0 Å². The zero-order valence-corrected chi connectivity index (χ0v) is 12.5. The van der Waals surface area contributed by atoms with Crippen LogP contribution < -0.4 is 10.2 Å². The molecule has 0 radical (unpaired) electrons. The van der Waals surface area contributed by atoms with Gasteiger partial charge in [-0.3, -0.25) is 0 Å². The average Bonchev–Trinajstić information content (AvgIpc) is 2.55. The second-order valence-electron chi connectivity index (χ2n) is 6.04. The van der Waals surface area contributed by atoms with Crippen molar-refractivity contribution >= 4 is 5.82 Å². The lowest BCUT2D eigenvalue weighted by atomic mass is 9.88. The van der Waals surface area contributed by atoms with Gasteiger partial charge in [0.15, 0.2) is 0 Å². The number of alkyl halides is 3. The van der Waals surface area contributed by atoms with E-state index in [4.69, 9.17) is 0 Å². The Balaban J connectivity index is 1.93. The van der Waals surface area contributed by atoms with Crippen LogP contribution in [0.1, 0.15) is 49.5 Å². The summed E-state index contributed by atoms with van der Waals surface area (Å²) in [6.45, 7) is 2.89. The minimum Gasteiger partial charge on any atom is -0.354 e. The highest BCUT2D eigenvalue weighted by molar-refractivity contribution is 5.41. The van der Waals surface area contributed by atoms with E-state index in [1.165, 1.54) is 0 Å². The predicted octanol–water partition coefficient (Wildman–Crippen LogP) is 2.95. The van der Waals surface area contributed by atoms with Gasteiger partial charge in [-0.1, -0.05) is 19.3 Å². The quantitative estimate of drug-likeness (QED) is 0.911. The molecule has 4 nitrogen and oxygen atoms in total. The molecular weight excluding hydrogens is 293 g/mol. The molecule has 7 heteroatoms. The third-order valence-corrected chi connectivity index (χ3v) is 4.43. The zero-order chi connectivity index (χ0) is 15.6. The normalized spacial score (nSPS) is 21.1. The molecule has 2 aliphatic rings. The highest BCUT2D eigenvalue weighted by atomic mass is 19.4. The number of nitrogens with zero attached hydrogens (tertiary/aromatic N) is 3. The minimum absolute atomic E-state index is 0.0673. The fraction of sp³-hybridized carbons (Fsp3) is 0.733. The van der Waals surface area contributed by atoms with E-state index in [1.54, 1.807) is 0 Å². The number of nitrogens with one attached hydrogen (secondary N) is 1. The largest absolute Gasteiger partial charge is 0.433 e. The van der Waals surface area contributed by atoms with Crippen LogP contribution in [0.25, 0.3) is 0 Å². The summed E-state index contributed by atoms with van der Waals surface area (Å²) in [5, 5.41) is 3.20. The van der Waals surface area contributed by atoms with Crippen LogP contribution in [0.15, 0.2) is 6.07 Å². The van der Waals surface area contributed by atoms with E-state index in [1.807, 2.05) is 4.90 Å². The van der Waals surface area contributed by atoms with E-state index < -0.39 is 11.9 Å². The zero-order valence-electron chi connectivity index (χ0n) is 12.5. The molecule has 0 aromatic carbocycles. The molecule has 1 saturated heterocycles. The third kappa shape index (κ3) is 3.51. The van der Waals surface area contributed by atoms with Crippen LogP contribution >= 0.6 is 0 Å². The van der Waals surface area contributed by atoms with Crippen LogP contribution in [0.4, 0.5) is 19.0 Å². The second-order valence-corrected chi connectivity index (χ2v) is 6.04. The van der Waals surface area contributed by atoms with Gasteiger partial charge in [-0.25, -0.2) is 9.97 Å². The molecule has 1 N–H and O–H groups in total. The van der Waals surface area contributed by atoms with Crippen molar-refractivity contribution in [2.45, 2.75) is 44.2 Å². The molecule has 0 unspecified atom stereocenters. The molecule has 1 aromatic rings. The fourth-order valence-electron chi connectivity index (χ4n) is 3.20. The van der Waals surface area contributed by atoms with Crippen molar-refractivity contribution < 1.29 is 13.2 Å². The predicted molar refractivity (Wildman–Crippen MR) is 77.9 cm³/mol. The molecular formula is C15H21F3N4. The summed E-state index contributed by atoms with van der Waals surface area (Å²) >= 11 is 0. The van der Waals surface area contributed by atoms with E-state index in [2.05, 4.69) is 15.3 Å². The maximum absolute atomic E-state index is 13.2. The van der Waals surface area contributed by atoms with Crippen molar-refractivity contribution in [3.63, 3.8) is 0 Å². The lowest BCUT2D eigenvalue weighted by Gasteiger charge is -2.30. The van der Waals surface area contributed by atoms with Gasteiger partial charge in [0, 0.05) is 38.2 Å². The van der Waals surface area contributed by atoms with E-state index in [0.29, 0.717) is 24.7 Å². The fourth-order valence-corrected chi connectivity index (χ4v) is 3.20. The van der Waals surface area contributed by atoms with Crippen molar-refractivity contribution in [1.82, 2.24) is 15.3 Å². The van der Waals surface area contributed by atoms with Crippen molar-refractivity contribution in [2.75, 3.05) is 31.1 Å². The van der Waals surface area contributed by atoms with Crippen molar-refractivity contribution in [3.8, 4) is 0 Å². The Morgan fingerprint density at radius 1 is 1.05 bits per heavy atom. The lowest BCUT2D eigenvalue weighted by Crippen LogP contribution is -2.44.